The number of rotatable bonds is 4. The molecule has 6 heteroatoms. The normalized spacial score (nSPS) is 11.3. The second kappa shape index (κ2) is 5.09. The Balaban J connectivity index is 3.71. The highest BCUT2D eigenvalue weighted by Gasteiger charge is 2.15. The van der Waals surface area contributed by atoms with E-state index in [2.05, 4.69) is 5.32 Å². The Morgan fingerprint density at radius 2 is 2.25 bits per heavy atom. The van der Waals surface area contributed by atoms with Gasteiger partial charge in [0.25, 0.3) is 0 Å². The topological polar surface area (TPSA) is 116 Å². The van der Waals surface area contributed by atoms with E-state index < -0.39 is 17.9 Å². The van der Waals surface area contributed by atoms with Gasteiger partial charge in [0.2, 0.25) is 5.91 Å². The zero-order valence-corrected chi connectivity index (χ0v) is 6.28. The SMILES string of the molecule is N#CCNC(=O)CC(N)C(=O)O. The molecule has 0 bridgehead atoms. The van der Waals surface area contributed by atoms with Gasteiger partial charge in [0, 0.05) is 0 Å². The molecule has 0 aliphatic carbocycles. The molecule has 12 heavy (non-hydrogen) atoms. The van der Waals surface area contributed by atoms with Crippen LogP contribution in [0.1, 0.15) is 6.42 Å². The molecule has 0 fully saturated rings. The fourth-order valence-electron chi connectivity index (χ4n) is 0.497. The van der Waals surface area contributed by atoms with E-state index in [1.54, 1.807) is 6.07 Å². The Bertz CT molecular complexity index is 221. The van der Waals surface area contributed by atoms with Crippen molar-refractivity contribution in [2.24, 2.45) is 5.73 Å². The molecule has 4 N–H and O–H groups in total. The van der Waals surface area contributed by atoms with E-state index in [1.165, 1.54) is 0 Å². The summed E-state index contributed by atoms with van der Waals surface area (Å²) in [4.78, 5) is 20.8. The molecule has 0 aromatic rings. The smallest absolute Gasteiger partial charge is 0.321 e. The maximum absolute atomic E-state index is 10.7. The number of aliphatic carboxylic acids is 1. The van der Waals surface area contributed by atoms with Crippen molar-refractivity contribution < 1.29 is 14.7 Å². The zero-order chi connectivity index (χ0) is 9.56. The summed E-state index contributed by atoms with van der Waals surface area (Å²) in [7, 11) is 0. The van der Waals surface area contributed by atoms with Crippen LogP contribution < -0.4 is 11.1 Å². The molecular weight excluding hydrogens is 162 g/mol. The van der Waals surface area contributed by atoms with Gasteiger partial charge in [-0.2, -0.15) is 5.26 Å². The average Bonchev–Trinajstić information content (AvgIpc) is 2.00. The fraction of sp³-hybridized carbons (Fsp3) is 0.500. The number of amides is 1. The molecule has 0 aliphatic rings. The lowest BCUT2D eigenvalue weighted by molar-refractivity contribution is -0.140. The largest absolute Gasteiger partial charge is 0.480 e. The number of nitrogens with one attached hydrogen (secondary N) is 1. The predicted octanol–water partition coefficient (Wildman–Crippen LogP) is -1.57. The van der Waals surface area contributed by atoms with Crippen LogP contribution in [0.25, 0.3) is 0 Å². The summed E-state index contributed by atoms with van der Waals surface area (Å²) in [5.41, 5.74) is 5.05. The molecule has 1 unspecified atom stereocenters. The minimum Gasteiger partial charge on any atom is -0.480 e. The average molecular weight is 171 g/mol. The van der Waals surface area contributed by atoms with Gasteiger partial charge in [-0.1, -0.05) is 0 Å². The quantitative estimate of drug-likeness (QED) is 0.442. The summed E-state index contributed by atoms with van der Waals surface area (Å²) in [6.07, 6.45) is -0.309. The number of nitrogens with two attached hydrogens (primary N) is 1. The van der Waals surface area contributed by atoms with Crippen molar-refractivity contribution in [1.29, 1.82) is 5.26 Å². The summed E-state index contributed by atoms with van der Waals surface area (Å²) >= 11 is 0. The third-order valence-corrected chi connectivity index (χ3v) is 1.09. The summed E-state index contributed by atoms with van der Waals surface area (Å²) in [5, 5.41) is 18.5. The van der Waals surface area contributed by atoms with Gasteiger partial charge in [0.1, 0.15) is 12.6 Å². The minimum atomic E-state index is -1.23. The highest BCUT2D eigenvalue weighted by Crippen LogP contribution is 1.87. The molecular formula is C6H9N3O3. The van der Waals surface area contributed by atoms with Gasteiger partial charge < -0.3 is 16.2 Å². The van der Waals surface area contributed by atoms with Gasteiger partial charge in [0.15, 0.2) is 0 Å². The molecule has 1 atom stereocenters. The monoisotopic (exact) mass is 171 g/mol. The van der Waals surface area contributed by atoms with E-state index in [0.717, 1.165) is 0 Å². The standard InChI is InChI=1S/C6H9N3O3/c7-1-2-9-5(10)3-4(8)6(11)12/h4H,2-3,8H2,(H,9,10)(H,11,12). The van der Waals surface area contributed by atoms with Crippen LogP contribution in [0.2, 0.25) is 0 Å². The summed E-state index contributed by atoms with van der Waals surface area (Å²) in [6, 6.07) is 0.476. The number of carbonyl (C=O) groups excluding carboxylic acids is 1. The van der Waals surface area contributed by atoms with Crippen LogP contribution >= 0.6 is 0 Å². The number of carboxylic acids is 1. The lowest BCUT2D eigenvalue weighted by Crippen LogP contribution is -2.37. The van der Waals surface area contributed by atoms with Gasteiger partial charge in [0.05, 0.1) is 12.5 Å². The highest BCUT2D eigenvalue weighted by molar-refractivity contribution is 5.84. The first kappa shape index (κ1) is 10.4. The summed E-state index contributed by atoms with van der Waals surface area (Å²) in [6.45, 7) is -0.134. The third-order valence-electron chi connectivity index (χ3n) is 1.09. The number of nitrogens with zero attached hydrogens (tertiary/aromatic N) is 1. The lowest BCUT2D eigenvalue weighted by Gasteiger charge is -2.04. The third kappa shape index (κ3) is 4.24. The van der Waals surface area contributed by atoms with Crippen molar-refractivity contribution in [3.63, 3.8) is 0 Å². The van der Waals surface area contributed by atoms with Gasteiger partial charge >= 0.3 is 5.97 Å². The molecule has 0 rings (SSSR count). The fourth-order valence-corrected chi connectivity index (χ4v) is 0.497. The Kier molecular flexibility index (Phi) is 4.41. The van der Waals surface area contributed by atoms with Crippen LogP contribution in [0.5, 0.6) is 0 Å². The number of nitriles is 1. The second-order valence-electron chi connectivity index (χ2n) is 2.08. The first-order chi connectivity index (χ1) is 5.57. The van der Waals surface area contributed by atoms with Crippen LogP contribution in [0, 0.1) is 11.3 Å². The van der Waals surface area contributed by atoms with Gasteiger partial charge in [-0.05, 0) is 0 Å². The van der Waals surface area contributed by atoms with Crippen molar-refractivity contribution >= 4 is 11.9 Å². The minimum absolute atomic E-state index is 0.134. The van der Waals surface area contributed by atoms with E-state index >= 15 is 0 Å². The number of hydrogen-bond donors (Lipinski definition) is 3. The maximum atomic E-state index is 10.7. The van der Waals surface area contributed by atoms with E-state index in [0.29, 0.717) is 0 Å². The predicted molar refractivity (Wildman–Crippen MR) is 38.9 cm³/mol. The molecule has 0 spiro atoms. The van der Waals surface area contributed by atoms with Crippen LogP contribution in [-0.2, 0) is 9.59 Å². The Morgan fingerprint density at radius 1 is 1.67 bits per heavy atom. The van der Waals surface area contributed by atoms with Crippen LogP contribution in [-0.4, -0.2) is 29.6 Å². The molecule has 0 radical (unpaired) electrons. The molecule has 0 aromatic carbocycles. The Labute approximate surface area is 69.0 Å². The van der Waals surface area contributed by atoms with Gasteiger partial charge in [-0.15, -0.1) is 0 Å². The molecule has 6 nitrogen and oxygen atoms in total. The summed E-state index contributed by atoms with van der Waals surface area (Å²) < 4.78 is 0. The van der Waals surface area contributed by atoms with E-state index in [9.17, 15) is 9.59 Å². The van der Waals surface area contributed by atoms with E-state index in [1.807, 2.05) is 0 Å². The van der Waals surface area contributed by atoms with E-state index in [-0.39, 0.29) is 13.0 Å². The molecule has 0 heterocycles. The molecule has 0 aliphatic heterocycles. The van der Waals surface area contributed by atoms with E-state index in [4.69, 9.17) is 16.1 Å². The van der Waals surface area contributed by atoms with Crippen molar-refractivity contribution in [1.82, 2.24) is 5.32 Å². The van der Waals surface area contributed by atoms with Crippen LogP contribution in [0.3, 0.4) is 0 Å². The van der Waals surface area contributed by atoms with Crippen LogP contribution in [0.4, 0.5) is 0 Å². The van der Waals surface area contributed by atoms with Crippen molar-refractivity contribution in [3.8, 4) is 6.07 Å². The highest BCUT2D eigenvalue weighted by atomic mass is 16.4. The Hall–Kier alpha value is -1.61. The maximum Gasteiger partial charge on any atom is 0.321 e. The molecule has 1 amide bonds. The van der Waals surface area contributed by atoms with Gasteiger partial charge in [-0.25, -0.2) is 0 Å². The first-order valence-corrected chi connectivity index (χ1v) is 3.20. The Morgan fingerprint density at radius 3 is 2.67 bits per heavy atom. The molecule has 0 saturated carbocycles. The number of carbonyl (C=O) groups is 2. The first-order valence-electron chi connectivity index (χ1n) is 3.20. The molecule has 0 aromatic heterocycles. The van der Waals surface area contributed by atoms with Crippen molar-refractivity contribution in [2.45, 2.75) is 12.5 Å². The van der Waals surface area contributed by atoms with Crippen molar-refractivity contribution in [3.05, 3.63) is 0 Å². The van der Waals surface area contributed by atoms with Crippen molar-refractivity contribution in [2.75, 3.05) is 6.54 Å². The van der Waals surface area contributed by atoms with Crippen LogP contribution in [0.15, 0.2) is 0 Å². The number of hydrogen-bond acceptors (Lipinski definition) is 4. The second-order valence-corrected chi connectivity index (χ2v) is 2.08. The molecule has 66 valence electrons. The number of carboxylic acid groups (broad SMARTS) is 1. The molecule has 0 saturated heterocycles. The summed E-state index contributed by atoms with van der Waals surface area (Å²) in [5.74, 6) is -1.77. The zero-order valence-electron chi connectivity index (χ0n) is 6.28. The van der Waals surface area contributed by atoms with Gasteiger partial charge in [-0.3, -0.25) is 9.59 Å². The lowest BCUT2D eigenvalue weighted by atomic mass is 10.2.